The van der Waals surface area contributed by atoms with Crippen molar-refractivity contribution in [3.8, 4) is 0 Å². The molecule has 1 N–H and O–H groups in total. The molecule has 1 nitrogen and oxygen atoms in total. The van der Waals surface area contributed by atoms with Gasteiger partial charge in [-0.15, -0.1) is 0 Å². The smallest absolute Gasteiger partial charge is 0.0372 e. The lowest BCUT2D eigenvalue weighted by molar-refractivity contribution is 0.914. The number of aryl methyl sites for hydroxylation is 1. The van der Waals surface area contributed by atoms with Gasteiger partial charge in [-0.2, -0.15) is 0 Å². The van der Waals surface area contributed by atoms with Gasteiger partial charge in [0.1, 0.15) is 0 Å². The average Bonchev–Trinajstić information content (AvgIpc) is 2.09. The summed E-state index contributed by atoms with van der Waals surface area (Å²) >= 11 is 0. The first-order chi connectivity index (χ1) is 5.79. The highest BCUT2D eigenvalue weighted by molar-refractivity contribution is 5.54. The Morgan fingerprint density at radius 1 is 1.33 bits per heavy atom. The van der Waals surface area contributed by atoms with Crippen molar-refractivity contribution in [2.45, 2.75) is 26.7 Å². The lowest BCUT2D eigenvalue weighted by Gasteiger charge is -2.10. The summed E-state index contributed by atoms with van der Waals surface area (Å²) in [6.45, 7) is 4.39. The number of nitrogens with one attached hydrogen (secondary N) is 1. The van der Waals surface area contributed by atoms with Gasteiger partial charge in [0.2, 0.25) is 0 Å². The van der Waals surface area contributed by atoms with Crippen molar-refractivity contribution >= 4 is 5.69 Å². The fraction of sp³-hybridized carbons (Fsp3) is 0.455. The number of rotatable bonds is 3. The summed E-state index contributed by atoms with van der Waals surface area (Å²) < 4.78 is 0. The summed E-state index contributed by atoms with van der Waals surface area (Å²) in [7, 11) is 1.98. The monoisotopic (exact) mass is 163 g/mol. The van der Waals surface area contributed by atoms with Crippen LogP contribution in [0.3, 0.4) is 0 Å². The fourth-order valence-corrected chi connectivity index (χ4v) is 1.52. The van der Waals surface area contributed by atoms with Crippen LogP contribution in [0.2, 0.25) is 0 Å². The van der Waals surface area contributed by atoms with E-state index >= 15 is 0 Å². The third kappa shape index (κ3) is 1.79. The van der Waals surface area contributed by atoms with Gasteiger partial charge < -0.3 is 5.32 Å². The van der Waals surface area contributed by atoms with E-state index < -0.39 is 0 Å². The Morgan fingerprint density at radius 2 is 2.08 bits per heavy atom. The minimum absolute atomic E-state index is 1.17. The van der Waals surface area contributed by atoms with Crippen molar-refractivity contribution in [2.75, 3.05) is 12.4 Å². The van der Waals surface area contributed by atoms with Crippen LogP contribution in [-0.2, 0) is 6.42 Å². The van der Waals surface area contributed by atoms with E-state index in [0.717, 1.165) is 0 Å². The van der Waals surface area contributed by atoms with Crippen molar-refractivity contribution in [3.63, 3.8) is 0 Å². The summed E-state index contributed by atoms with van der Waals surface area (Å²) in [6, 6.07) is 6.41. The molecule has 1 aromatic carbocycles. The van der Waals surface area contributed by atoms with Gasteiger partial charge in [0.05, 0.1) is 0 Å². The van der Waals surface area contributed by atoms with Gasteiger partial charge >= 0.3 is 0 Å². The highest BCUT2D eigenvalue weighted by atomic mass is 14.8. The molecule has 0 unspecified atom stereocenters. The zero-order valence-corrected chi connectivity index (χ0v) is 8.15. The summed E-state index contributed by atoms with van der Waals surface area (Å²) in [5.74, 6) is 0. The molecule has 0 spiro atoms. The molecular weight excluding hydrogens is 146 g/mol. The molecule has 0 radical (unpaired) electrons. The molecule has 66 valence electrons. The van der Waals surface area contributed by atoms with Crippen molar-refractivity contribution in [1.82, 2.24) is 0 Å². The lowest BCUT2D eigenvalue weighted by atomic mass is 10.0. The molecule has 0 atom stereocenters. The highest BCUT2D eigenvalue weighted by Crippen LogP contribution is 2.20. The molecule has 1 heteroatoms. The van der Waals surface area contributed by atoms with E-state index in [2.05, 4.69) is 37.4 Å². The van der Waals surface area contributed by atoms with E-state index in [1.165, 1.54) is 29.7 Å². The molecular formula is C11H17N. The zero-order chi connectivity index (χ0) is 8.97. The molecule has 0 fully saturated rings. The first-order valence-corrected chi connectivity index (χ1v) is 4.55. The summed E-state index contributed by atoms with van der Waals surface area (Å²) in [6.07, 6.45) is 2.38. The van der Waals surface area contributed by atoms with Gasteiger partial charge in [-0.3, -0.25) is 0 Å². The first kappa shape index (κ1) is 9.11. The average molecular weight is 163 g/mol. The van der Waals surface area contributed by atoms with Gasteiger partial charge in [0, 0.05) is 12.7 Å². The van der Waals surface area contributed by atoms with E-state index in [-0.39, 0.29) is 0 Å². The molecule has 1 aromatic rings. The van der Waals surface area contributed by atoms with Crippen molar-refractivity contribution in [3.05, 3.63) is 29.3 Å². The molecule has 0 aliphatic heterocycles. The van der Waals surface area contributed by atoms with Crippen molar-refractivity contribution in [1.29, 1.82) is 0 Å². The van der Waals surface area contributed by atoms with Crippen molar-refractivity contribution < 1.29 is 0 Å². The van der Waals surface area contributed by atoms with Gasteiger partial charge in [-0.25, -0.2) is 0 Å². The molecule has 0 saturated carbocycles. The lowest BCUT2D eigenvalue weighted by Crippen LogP contribution is -1.97. The van der Waals surface area contributed by atoms with E-state index in [0.29, 0.717) is 0 Å². The molecule has 0 heterocycles. The maximum absolute atomic E-state index is 3.22. The van der Waals surface area contributed by atoms with E-state index in [1.807, 2.05) is 7.05 Å². The first-order valence-electron chi connectivity index (χ1n) is 4.55. The standard InChI is InChI=1S/C11H17N/c1-4-6-10-9(2)7-5-8-11(10)12-3/h5,7-8,12H,4,6H2,1-3H3. The maximum atomic E-state index is 3.22. The van der Waals surface area contributed by atoms with Crippen LogP contribution < -0.4 is 5.32 Å². The van der Waals surface area contributed by atoms with E-state index in [1.54, 1.807) is 0 Å². The molecule has 0 aliphatic carbocycles. The van der Waals surface area contributed by atoms with Gasteiger partial charge in [-0.05, 0) is 30.5 Å². The highest BCUT2D eigenvalue weighted by Gasteiger charge is 2.01. The predicted molar refractivity (Wildman–Crippen MR) is 54.7 cm³/mol. The molecule has 0 aliphatic rings. The second kappa shape index (κ2) is 4.15. The van der Waals surface area contributed by atoms with Crippen LogP contribution in [0, 0.1) is 6.92 Å². The van der Waals surface area contributed by atoms with Crippen LogP contribution >= 0.6 is 0 Å². The third-order valence-corrected chi connectivity index (χ3v) is 2.18. The molecule has 0 amide bonds. The molecule has 0 bridgehead atoms. The number of hydrogen-bond donors (Lipinski definition) is 1. The second-order valence-electron chi connectivity index (χ2n) is 3.10. The Balaban J connectivity index is 3.02. The van der Waals surface area contributed by atoms with Crippen LogP contribution in [0.1, 0.15) is 24.5 Å². The van der Waals surface area contributed by atoms with Crippen LogP contribution in [0.5, 0.6) is 0 Å². The van der Waals surface area contributed by atoms with Crippen LogP contribution in [0.25, 0.3) is 0 Å². The van der Waals surface area contributed by atoms with Gasteiger partial charge in [-0.1, -0.05) is 25.5 Å². The number of anilines is 1. The maximum Gasteiger partial charge on any atom is 0.0372 e. The quantitative estimate of drug-likeness (QED) is 0.722. The van der Waals surface area contributed by atoms with Crippen LogP contribution in [-0.4, -0.2) is 7.05 Å². The summed E-state index contributed by atoms with van der Waals surface area (Å²) in [5.41, 5.74) is 4.13. The largest absolute Gasteiger partial charge is 0.388 e. The number of hydrogen-bond acceptors (Lipinski definition) is 1. The van der Waals surface area contributed by atoms with Gasteiger partial charge in [0.15, 0.2) is 0 Å². The van der Waals surface area contributed by atoms with E-state index in [4.69, 9.17) is 0 Å². The Morgan fingerprint density at radius 3 is 2.67 bits per heavy atom. The molecule has 0 aromatic heterocycles. The minimum atomic E-state index is 1.17. The fourth-order valence-electron chi connectivity index (χ4n) is 1.52. The molecule has 1 rings (SSSR count). The zero-order valence-electron chi connectivity index (χ0n) is 8.15. The van der Waals surface area contributed by atoms with Crippen LogP contribution in [0.4, 0.5) is 5.69 Å². The molecule has 12 heavy (non-hydrogen) atoms. The number of benzene rings is 1. The van der Waals surface area contributed by atoms with E-state index in [9.17, 15) is 0 Å². The Kier molecular flexibility index (Phi) is 3.15. The topological polar surface area (TPSA) is 12.0 Å². The Labute approximate surface area is 74.8 Å². The third-order valence-electron chi connectivity index (χ3n) is 2.18. The normalized spacial score (nSPS) is 9.92. The SMILES string of the molecule is CCCc1c(C)cccc1NC. The summed E-state index contributed by atoms with van der Waals surface area (Å²) in [5, 5.41) is 3.22. The Bertz CT molecular complexity index is 253. The summed E-state index contributed by atoms with van der Waals surface area (Å²) in [4.78, 5) is 0. The Hall–Kier alpha value is -0.980. The van der Waals surface area contributed by atoms with Crippen molar-refractivity contribution in [2.24, 2.45) is 0 Å². The molecule has 0 saturated heterocycles. The minimum Gasteiger partial charge on any atom is -0.388 e. The van der Waals surface area contributed by atoms with Gasteiger partial charge in [0.25, 0.3) is 0 Å². The predicted octanol–water partition coefficient (Wildman–Crippen LogP) is 2.99. The second-order valence-corrected chi connectivity index (χ2v) is 3.10. The van der Waals surface area contributed by atoms with Crippen LogP contribution in [0.15, 0.2) is 18.2 Å².